The zero-order chi connectivity index (χ0) is 16.0. The molecule has 5 nitrogen and oxygen atoms in total. The van der Waals surface area contributed by atoms with Crippen LogP contribution in [0.1, 0.15) is 0 Å². The molecule has 0 unspecified atom stereocenters. The topological polar surface area (TPSA) is 66.6 Å². The molecule has 0 radical (unpaired) electrons. The summed E-state index contributed by atoms with van der Waals surface area (Å²) >= 11 is 12.7. The van der Waals surface area contributed by atoms with Crippen LogP contribution in [0.15, 0.2) is 27.4 Å². The molecule has 0 spiro atoms. The van der Waals surface area contributed by atoms with Gasteiger partial charge in [-0.25, -0.2) is 9.78 Å². The van der Waals surface area contributed by atoms with E-state index in [0.29, 0.717) is 11.0 Å². The van der Waals surface area contributed by atoms with E-state index in [9.17, 15) is 9.90 Å². The second-order valence-electron chi connectivity index (χ2n) is 4.77. The van der Waals surface area contributed by atoms with Gasteiger partial charge in [0.05, 0.1) is 5.39 Å². The van der Waals surface area contributed by atoms with Gasteiger partial charge in [-0.1, -0.05) is 34.5 Å². The Morgan fingerprint density at radius 2 is 2.05 bits per heavy atom. The Bertz CT molecular complexity index is 914. The molecule has 0 bridgehead atoms. The van der Waals surface area contributed by atoms with Crippen LogP contribution in [0, 0.1) is 0 Å². The van der Waals surface area contributed by atoms with E-state index in [1.54, 1.807) is 12.1 Å². The Kier molecular flexibility index (Phi) is 3.76. The van der Waals surface area contributed by atoms with E-state index >= 15 is 0 Å². The maximum Gasteiger partial charge on any atom is 0.350 e. The molecule has 0 aliphatic rings. The van der Waals surface area contributed by atoms with Gasteiger partial charge in [0, 0.05) is 25.8 Å². The van der Waals surface area contributed by atoms with Gasteiger partial charge in [-0.15, -0.1) is 0 Å². The average Bonchev–Trinajstić information content (AvgIpc) is 2.77. The lowest BCUT2D eigenvalue weighted by Gasteiger charge is -2.13. The fraction of sp³-hybridized carbons (Fsp3) is 0.143. The average molecular weight is 357 g/mol. The first-order valence-corrected chi connectivity index (χ1v) is 7.75. The van der Waals surface area contributed by atoms with Crippen molar-refractivity contribution in [1.82, 2.24) is 4.98 Å². The van der Waals surface area contributed by atoms with Crippen LogP contribution in [-0.4, -0.2) is 24.2 Å². The maximum absolute atomic E-state index is 12.2. The highest BCUT2D eigenvalue weighted by Gasteiger charge is 2.20. The molecule has 1 N–H and O–H groups in total. The van der Waals surface area contributed by atoms with Crippen molar-refractivity contribution in [3.05, 3.63) is 38.1 Å². The van der Waals surface area contributed by atoms with Crippen molar-refractivity contribution >= 4 is 51.2 Å². The third-order valence-electron chi connectivity index (χ3n) is 3.14. The number of halogens is 2. The van der Waals surface area contributed by atoms with Crippen LogP contribution in [0.4, 0.5) is 5.69 Å². The first-order chi connectivity index (χ1) is 10.4. The Labute approximate surface area is 139 Å². The maximum atomic E-state index is 12.2. The number of rotatable bonds is 2. The third-order valence-corrected chi connectivity index (χ3v) is 4.90. The van der Waals surface area contributed by atoms with Gasteiger partial charge in [-0.05, 0) is 12.1 Å². The van der Waals surface area contributed by atoms with Gasteiger partial charge in [-0.2, -0.15) is 0 Å². The molecule has 0 aliphatic heterocycles. The van der Waals surface area contributed by atoms with E-state index in [0.717, 1.165) is 17.0 Å². The smallest absolute Gasteiger partial charge is 0.350 e. The number of anilines is 1. The summed E-state index contributed by atoms with van der Waals surface area (Å²) in [7, 11) is 3.74. The monoisotopic (exact) mass is 356 g/mol. The highest BCUT2D eigenvalue weighted by molar-refractivity contribution is 7.19. The predicted molar refractivity (Wildman–Crippen MR) is 89.6 cm³/mol. The van der Waals surface area contributed by atoms with Gasteiger partial charge in [0.15, 0.2) is 5.15 Å². The van der Waals surface area contributed by atoms with Crippen molar-refractivity contribution in [2.75, 3.05) is 19.0 Å². The molecule has 3 rings (SSSR count). The van der Waals surface area contributed by atoms with Crippen molar-refractivity contribution in [1.29, 1.82) is 0 Å². The highest BCUT2D eigenvalue weighted by Crippen LogP contribution is 2.39. The van der Waals surface area contributed by atoms with Crippen LogP contribution < -0.4 is 10.5 Å². The minimum atomic E-state index is -0.692. The molecular formula is C14H10Cl2N2O3S. The number of aromatic nitrogens is 1. The number of aromatic hydroxyl groups is 1. The van der Waals surface area contributed by atoms with Crippen molar-refractivity contribution in [2.45, 2.75) is 0 Å². The second kappa shape index (κ2) is 5.46. The Morgan fingerprint density at radius 3 is 2.64 bits per heavy atom. The summed E-state index contributed by atoms with van der Waals surface area (Å²) in [4.78, 5) is 18.0. The highest BCUT2D eigenvalue weighted by atomic mass is 35.5. The molecule has 0 aliphatic carbocycles. The zero-order valence-corrected chi connectivity index (χ0v) is 13.9. The van der Waals surface area contributed by atoms with Crippen molar-refractivity contribution in [2.24, 2.45) is 0 Å². The number of hydrogen-bond acceptors (Lipinski definition) is 6. The Morgan fingerprint density at radius 1 is 1.32 bits per heavy atom. The van der Waals surface area contributed by atoms with Gasteiger partial charge in [0.2, 0.25) is 0 Å². The van der Waals surface area contributed by atoms with E-state index in [1.165, 1.54) is 0 Å². The summed E-state index contributed by atoms with van der Waals surface area (Å²) in [5, 5.41) is 11.1. The summed E-state index contributed by atoms with van der Waals surface area (Å²) in [6, 6.07) is 5.18. The summed E-state index contributed by atoms with van der Waals surface area (Å²) in [6.45, 7) is 0. The molecule has 0 amide bonds. The fourth-order valence-corrected chi connectivity index (χ4v) is 3.26. The minimum absolute atomic E-state index is 0.0381. The lowest BCUT2D eigenvalue weighted by atomic mass is 10.1. The molecule has 2 aromatic heterocycles. The lowest BCUT2D eigenvalue weighted by molar-refractivity contribution is 0.471. The van der Waals surface area contributed by atoms with Gasteiger partial charge in [0.25, 0.3) is 0 Å². The molecule has 0 atom stereocenters. The zero-order valence-electron chi connectivity index (χ0n) is 11.6. The number of benzene rings is 1. The molecule has 0 saturated carbocycles. The molecular weight excluding hydrogens is 347 g/mol. The first-order valence-electron chi connectivity index (χ1n) is 6.18. The standard InChI is InChI=1S/C14H10Cl2N2O3S/c1-18(2)6-3-4-7-8(5-6)21-14(20)9(10(7)19)13-17-11(15)12(16)22-13/h3-5,19H,1-2H3. The second-order valence-corrected chi connectivity index (χ2v) is 6.73. The summed E-state index contributed by atoms with van der Waals surface area (Å²) < 4.78 is 5.55. The quantitative estimate of drug-likeness (QED) is 0.703. The van der Waals surface area contributed by atoms with Crippen LogP contribution in [-0.2, 0) is 0 Å². The molecule has 1 aromatic carbocycles. The van der Waals surface area contributed by atoms with Gasteiger partial charge < -0.3 is 14.4 Å². The van der Waals surface area contributed by atoms with E-state index in [2.05, 4.69) is 4.98 Å². The molecule has 0 fully saturated rings. The molecule has 114 valence electrons. The molecule has 0 saturated heterocycles. The summed E-state index contributed by atoms with van der Waals surface area (Å²) in [6.07, 6.45) is 0. The Balaban J connectivity index is 2.29. The van der Waals surface area contributed by atoms with Crippen molar-refractivity contribution < 1.29 is 9.52 Å². The number of nitrogens with zero attached hydrogens (tertiary/aromatic N) is 2. The van der Waals surface area contributed by atoms with E-state index < -0.39 is 5.63 Å². The molecule has 22 heavy (non-hydrogen) atoms. The predicted octanol–water partition coefficient (Wildman–Crippen LogP) is 3.99. The van der Waals surface area contributed by atoms with Crippen LogP contribution >= 0.6 is 34.5 Å². The van der Waals surface area contributed by atoms with Crippen molar-refractivity contribution in [3.63, 3.8) is 0 Å². The normalized spacial score (nSPS) is 11.1. The fourth-order valence-electron chi connectivity index (χ4n) is 2.03. The minimum Gasteiger partial charge on any atom is -0.506 e. The number of fused-ring (bicyclic) bond motifs is 1. The van der Waals surface area contributed by atoms with Crippen LogP contribution in [0.2, 0.25) is 9.49 Å². The van der Waals surface area contributed by atoms with Gasteiger partial charge in [0.1, 0.15) is 26.2 Å². The van der Waals surface area contributed by atoms with E-state index in [-0.39, 0.29) is 25.8 Å². The van der Waals surface area contributed by atoms with Crippen LogP contribution in [0.5, 0.6) is 5.75 Å². The van der Waals surface area contributed by atoms with Gasteiger partial charge >= 0.3 is 5.63 Å². The third kappa shape index (κ3) is 2.43. The van der Waals surface area contributed by atoms with Gasteiger partial charge in [-0.3, -0.25) is 0 Å². The lowest BCUT2D eigenvalue weighted by Crippen LogP contribution is -2.09. The SMILES string of the molecule is CN(C)c1ccc2c(O)c(-c3nc(Cl)c(Cl)s3)c(=O)oc2c1. The molecule has 2 heterocycles. The number of thiazole rings is 1. The van der Waals surface area contributed by atoms with Crippen LogP contribution in [0.3, 0.4) is 0 Å². The Hall–Kier alpha value is -1.76. The molecule has 8 heteroatoms. The van der Waals surface area contributed by atoms with Crippen molar-refractivity contribution in [3.8, 4) is 16.3 Å². The van der Waals surface area contributed by atoms with Crippen LogP contribution in [0.25, 0.3) is 21.5 Å². The van der Waals surface area contributed by atoms with E-state index in [1.807, 2.05) is 25.1 Å². The first kappa shape index (κ1) is 15.1. The summed E-state index contributed by atoms with van der Waals surface area (Å²) in [5.41, 5.74) is 0.418. The summed E-state index contributed by atoms with van der Waals surface area (Å²) in [5.74, 6) is -0.196. The molecule has 3 aromatic rings. The van der Waals surface area contributed by atoms with E-state index in [4.69, 9.17) is 27.6 Å². The number of hydrogen-bond donors (Lipinski definition) is 1. The largest absolute Gasteiger partial charge is 0.506 e.